The molecule has 9 nitrogen and oxygen atoms in total. The summed E-state index contributed by atoms with van der Waals surface area (Å²) in [6.45, 7) is 2.09. The number of carbonyl (C=O) groups excluding carboxylic acids is 3. The minimum Gasteiger partial charge on any atom is -0.323 e. The third-order valence-corrected chi connectivity index (χ3v) is 5.80. The van der Waals surface area contributed by atoms with Crippen molar-refractivity contribution in [3.63, 3.8) is 0 Å². The molecule has 2 N–H and O–H groups in total. The van der Waals surface area contributed by atoms with Crippen molar-refractivity contribution in [2.24, 2.45) is 0 Å². The number of aromatic nitrogens is 4. The first-order valence-electron chi connectivity index (χ1n) is 10.2. The van der Waals surface area contributed by atoms with Gasteiger partial charge in [-0.05, 0) is 70.1 Å². The molecule has 3 aromatic rings. The van der Waals surface area contributed by atoms with Gasteiger partial charge in [0.05, 0.1) is 4.91 Å². The summed E-state index contributed by atoms with van der Waals surface area (Å²) in [4.78, 5) is 38.5. The van der Waals surface area contributed by atoms with Gasteiger partial charge in [-0.2, -0.15) is 0 Å². The third kappa shape index (κ3) is 5.42. The zero-order valence-electron chi connectivity index (χ0n) is 17.7. The van der Waals surface area contributed by atoms with Gasteiger partial charge in [-0.15, -0.1) is 5.10 Å². The number of tetrazole rings is 1. The molecular weight excluding hydrogens is 440 g/mol. The highest BCUT2D eigenvalue weighted by atomic mass is 32.2. The Kier molecular flexibility index (Phi) is 6.75. The number of nitrogens with zero attached hydrogens (tertiary/aromatic N) is 4. The summed E-state index contributed by atoms with van der Waals surface area (Å²) < 4.78 is 0. The molecule has 0 radical (unpaired) electrons. The van der Waals surface area contributed by atoms with Crippen molar-refractivity contribution < 1.29 is 14.4 Å². The van der Waals surface area contributed by atoms with Crippen LogP contribution < -0.4 is 5.32 Å². The Morgan fingerprint density at radius 3 is 2.55 bits per heavy atom. The SMILES string of the molecule is CCc1ccc(/C=C2\SC(=O)N(C/C=C/C(=O)Nc3ccc(-c4nnn[nH]4)cc3)C2=O)cc1. The number of rotatable bonds is 7. The quantitative estimate of drug-likeness (QED) is 0.516. The molecule has 0 atom stereocenters. The first-order chi connectivity index (χ1) is 16.0. The van der Waals surface area contributed by atoms with Crippen molar-refractivity contribution in [1.82, 2.24) is 25.5 Å². The number of imide groups is 1. The van der Waals surface area contributed by atoms with Crippen LogP contribution in [-0.4, -0.2) is 49.1 Å². The van der Waals surface area contributed by atoms with E-state index in [9.17, 15) is 14.4 Å². The van der Waals surface area contributed by atoms with Crippen molar-refractivity contribution in [2.45, 2.75) is 13.3 Å². The number of hydrogen-bond donors (Lipinski definition) is 2. The van der Waals surface area contributed by atoms with Gasteiger partial charge in [0.2, 0.25) is 5.91 Å². The molecule has 166 valence electrons. The van der Waals surface area contributed by atoms with E-state index in [4.69, 9.17) is 0 Å². The molecule has 33 heavy (non-hydrogen) atoms. The minimum atomic E-state index is -0.373. The zero-order chi connectivity index (χ0) is 23.2. The molecule has 1 aliphatic heterocycles. The smallest absolute Gasteiger partial charge is 0.293 e. The molecule has 1 saturated heterocycles. The van der Waals surface area contributed by atoms with Crippen molar-refractivity contribution in [3.8, 4) is 11.4 Å². The largest absolute Gasteiger partial charge is 0.323 e. The van der Waals surface area contributed by atoms with Crippen LogP contribution in [0, 0.1) is 0 Å². The average Bonchev–Trinajstić information content (AvgIpc) is 3.45. The fourth-order valence-electron chi connectivity index (χ4n) is 3.10. The summed E-state index contributed by atoms with van der Waals surface area (Å²) in [6.07, 6.45) is 5.42. The maximum atomic E-state index is 12.6. The molecule has 10 heteroatoms. The second kappa shape index (κ2) is 10.0. The Bertz CT molecular complexity index is 1220. The molecule has 1 aromatic heterocycles. The van der Waals surface area contributed by atoms with Crippen LogP contribution in [-0.2, 0) is 16.0 Å². The van der Waals surface area contributed by atoms with E-state index in [2.05, 4.69) is 32.9 Å². The van der Waals surface area contributed by atoms with Crippen LogP contribution in [0.1, 0.15) is 18.1 Å². The Labute approximate surface area is 194 Å². The van der Waals surface area contributed by atoms with Crippen molar-refractivity contribution >= 4 is 40.6 Å². The van der Waals surface area contributed by atoms with Crippen LogP contribution in [0.15, 0.2) is 65.6 Å². The first kappa shape index (κ1) is 22.2. The molecule has 0 unspecified atom stereocenters. The number of benzene rings is 2. The molecule has 0 aliphatic carbocycles. The van der Waals surface area contributed by atoms with Gasteiger partial charge >= 0.3 is 0 Å². The van der Waals surface area contributed by atoms with E-state index < -0.39 is 0 Å². The van der Waals surface area contributed by atoms with E-state index in [0.29, 0.717) is 16.4 Å². The summed E-state index contributed by atoms with van der Waals surface area (Å²) in [7, 11) is 0. The molecule has 1 fully saturated rings. The summed E-state index contributed by atoms with van der Waals surface area (Å²) in [5, 5.41) is 15.9. The highest BCUT2D eigenvalue weighted by molar-refractivity contribution is 8.18. The van der Waals surface area contributed by atoms with E-state index in [1.807, 2.05) is 24.3 Å². The first-order valence-corrected chi connectivity index (χ1v) is 11.0. The topological polar surface area (TPSA) is 121 Å². The van der Waals surface area contributed by atoms with Crippen LogP contribution in [0.5, 0.6) is 0 Å². The maximum absolute atomic E-state index is 12.6. The monoisotopic (exact) mass is 460 g/mol. The standard InChI is InChI=1S/C23H20N6O3S/c1-2-15-5-7-16(8-6-15)14-19-22(31)29(23(32)33-19)13-3-4-20(30)24-18-11-9-17(10-12-18)21-25-27-28-26-21/h3-12,14H,2,13H2,1H3,(H,24,30)(H,25,26,27,28)/b4-3+,19-14-. The number of amides is 3. The number of thioether (sulfide) groups is 1. The van der Waals surface area contributed by atoms with Gasteiger partial charge in [-0.1, -0.05) is 37.3 Å². The molecule has 2 heterocycles. The lowest BCUT2D eigenvalue weighted by atomic mass is 10.1. The highest BCUT2D eigenvalue weighted by Crippen LogP contribution is 2.32. The van der Waals surface area contributed by atoms with E-state index in [1.165, 1.54) is 17.7 Å². The Morgan fingerprint density at radius 2 is 1.88 bits per heavy atom. The Balaban J connectivity index is 1.32. The summed E-state index contributed by atoms with van der Waals surface area (Å²) in [5.74, 6) is -0.216. The van der Waals surface area contributed by atoms with E-state index in [-0.39, 0.29) is 23.6 Å². The fraction of sp³-hybridized carbons (Fsp3) is 0.130. The average molecular weight is 461 g/mol. The summed E-state index contributed by atoms with van der Waals surface area (Å²) >= 11 is 0.896. The molecule has 1 aliphatic rings. The third-order valence-electron chi connectivity index (χ3n) is 4.89. The molecule has 2 aromatic carbocycles. The van der Waals surface area contributed by atoms with E-state index in [1.54, 1.807) is 30.3 Å². The minimum absolute atomic E-state index is 0.0155. The van der Waals surface area contributed by atoms with Crippen molar-refractivity contribution in [2.75, 3.05) is 11.9 Å². The molecule has 0 saturated carbocycles. The lowest BCUT2D eigenvalue weighted by molar-refractivity contribution is -0.122. The Morgan fingerprint density at radius 1 is 1.12 bits per heavy atom. The van der Waals surface area contributed by atoms with Gasteiger partial charge in [0.25, 0.3) is 11.1 Å². The van der Waals surface area contributed by atoms with E-state index >= 15 is 0 Å². The number of anilines is 1. The highest BCUT2D eigenvalue weighted by Gasteiger charge is 2.34. The number of aryl methyl sites for hydroxylation is 1. The number of nitrogens with one attached hydrogen (secondary N) is 2. The second-order valence-electron chi connectivity index (χ2n) is 7.11. The maximum Gasteiger partial charge on any atom is 0.293 e. The summed E-state index contributed by atoms with van der Waals surface area (Å²) in [6, 6.07) is 14.8. The fourth-order valence-corrected chi connectivity index (χ4v) is 3.95. The van der Waals surface area contributed by atoms with Gasteiger partial charge in [-0.25, -0.2) is 5.10 Å². The van der Waals surface area contributed by atoms with Gasteiger partial charge in [0.1, 0.15) is 0 Å². The van der Waals surface area contributed by atoms with Gasteiger partial charge < -0.3 is 5.32 Å². The van der Waals surface area contributed by atoms with Crippen LogP contribution in [0.4, 0.5) is 10.5 Å². The predicted octanol–water partition coefficient (Wildman–Crippen LogP) is 3.66. The van der Waals surface area contributed by atoms with E-state index in [0.717, 1.165) is 34.2 Å². The van der Waals surface area contributed by atoms with Crippen LogP contribution in [0.3, 0.4) is 0 Å². The Hall–Kier alpha value is -4.05. The molecule has 0 bridgehead atoms. The zero-order valence-corrected chi connectivity index (χ0v) is 18.5. The van der Waals surface area contributed by atoms with Crippen molar-refractivity contribution in [3.05, 3.63) is 76.7 Å². The predicted molar refractivity (Wildman–Crippen MR) is 126 cm³/mol. The number of H-pyrrole nitrogens is 1. The lowest BCUT2D eigenvalue weighted by Crippen LogP contribution is -2.28. The van der Waals surface area contributed by atoms with Gasteiger partial charge in [-0.3, -0.25) is 19.3 Å². The molecule has 0 spiro atoms. The molecule has 4 rings (SSSR count). The van der Waals surface area contributed by atoms with Crippen LogP contribution in [0.2, 0.25) is 0 Å². The molecular formula is C23H20N6O3S. The number of aromatic amines is 1. The van der Waals surface area contributed by atoms with Gasteiger partial charge in [0.15, 0.2) is 5.82 Å². The van der Waals surface area contributed by atoms with Crippen molar-refractivity contribution in [1.29, 1.82) is 0 Å². The lowest BCUT2D eigenvalue weighted by Gasteiger charge is -2.08. The second-order valence-corrected chi connectivity index (χ2v) is 8.10. The molecule has 3 amide bonds. The van der Waals surface area contributed by atoms with Crippen LogP contribution in [0.25, 0.3) is 17.5 Å². The van der Waals surface area contributed by atoms with Gasteiger partial charge in [0, 0.05) is 23.9 Å². The number of carbonyl (C=O) groups is 3. The normalized spacial score (nSPS) is 15.1. The van der Waals surface area contributed by atoms with Crippen LogP contribution >= 0.6 is 11.8 Å². The number of hydrogen-bond acceptors (Lipinski definition) is 7. The summed E-state index contributed by atoms with van der Waals surface area (Å²) in [5.41, 5.74) is 3.43.